The highest BCUT2D eigenvalue weighted by atomic mass is 35.5. The first kappa shape index (κ1) is 18.6. The van der Waals surface area contributed by atoms with Crippen LogP contribution in [-0.4, -0.2) is 15.5 Å². The van der Waals surface area contributed by atoms with E-state index in [2.05, 4.69) is 10.3 Å². The fraction of sp³-hybridized carbons (Fsp3) is 0.167. The van der Waals surface area contributed by atoms with Crippen molar-refractivity contribution in [3.8, 4) is 0 Å². The van der Waals surface area contributed by atoms with Crippen LogP contribution in [0.1, 0.15) is 12.0 Å². The minimum absolute atomic E-state index is 0.126. The standard InChI is InChI=1S/C18H15Cl2N3O2S/c19-12-6-5-11(14(20)9-12)10-21-16(24)7-8-23-17(25)13-3-1-2-4-15(13)22-18(23)26/h1-6,9H,7-8,10H2,(H,21,24)(H,22,26). The monoisotopic (exact) mass is 407 g/mol. The van der Waals surface area contributed by atoms with Crippen LogP contribution in [0.3, 0.4) is 0 Å². The summed E-state index contributed by atoms with van der Waals surface area (Å²) in [5.74, 6) is -0.203. The Morgan fingerprint density at radius 1 is 1.19 bits per heavy atom. The highest BCUT2D eigenvalue weighted by Crippen LogP contribution is 2.20. The maximum absolute atomic E-state index is 12.5. The predicted octanol–water partition coefficient (Wildman–Crippen LogP) is 4.07. The van der Waals surface area contributed by atoms with Gasteiger partial charge < -0.3 is 10.3 Å². The Bertz CT molecular complexity index is 1090. The van der Waals surface area contributed by atoms with Gasteiger partial charge in [-0.1, -0.05) is 41.4 Å². The van der Waals surface area contributed by atoms with Gasteiger partial charge in [0.15, 0.2) is 4.77 Å². The van der Waals surface area contributed by atoms with Crippen molar-refractivity contribution in [2.24, 2.45) is 0 Å². The zero-order valence-corrected chi connectivity index (χ0v) is 15.9. The molecular formula is C18H15Cl2N3O2S. The molecule has 1 amide bonds. The molecule has 5 nitrogen and oxygen atoms in total. The third-order valence-corrected chi connectivity index (χ3v) is 4.85. The molecule has 3 aromatic rings. The Hall–Kier alpha value is -2.15. The van der Waals surface area contributed by atoms with Crippen LogP contribution >= 0.6 is 35.4 Å². The number of aromatic amines is 1. The molecule has 134 valence electrons. The second-order valence-electron chi connectivity index (χ2n) is 5.69. The first-order valence-electron chi connectivity index (χ1n) is 7.88. The molecule has 0 radical (unpaired) electrons. The minimum Gasteiger partial charge on any atom is -0.352 e. The smallest absolute Gasteiger partial charge is 0.262 e. The van der Waals surface area contributed by atoms with Gasteiger partial charge in [-0.3, -0.25) is 14.2 Å². The Morgan fingerprint density at radius 2 is 1.96 bits per heavy atom. The average molecular weight is 408 g/mol. The largest absolute Gasteiger partial charge is 0.352 e. The van der Waals surface area contributed by atoms with Crippen molar-refractivity contribution >= 4 is 52.2 Å². The molecule has 1 heterocycles. The van der Waals surface area contributed by atoms with Crippen LogP contribution in [0.5, 0.6) is 0 Å². The van der Waals surface area contributed by atoms with Gasteiger partial charge in [0.05, 0.1) is 10.9 Å². The lowest BCUT2D eigenvalue weighted by Gasteiger charge is -2.09. The summed E-state index contributed by atoms with van der Waals surface area (Å²) in [4.78, 5) is 27.7. The number of benzene rings is 2. The van der Waals surface area contributed by atoms with E-state index in [9.17, 15) is 9.59 Å². The van der Waals surface area contributed by atoms with Gasteiger partial charge in [-0.25, -0.2) is 0 Å². The number of rotatable bonds is 5. The number of para-hydroxylation sites is 1. The normalized spacial score (nSPS) is 10.8. The summed E-state index contributed by atoms with van der Waals surface area (Å²) < 4.78 is 1.69. The quantitative estimate of drug-likeness (QED) is 0.626. The van der Waals surface area contributed by atoms with Crippen molar-refractivity contribution in [3.05, 3.63) is 73.2 Å². The molecule has 0 aliphatic carbocycles. The predicted molar refractivity (Wildman–Crippen MR) is 106 cm³/mol. The molecule has 0 saturated heterocycles. The van der Waals surface area contributed by atoms with Crippen molar-refractivity contribution in [2.75, 3.05) is 0 Å². The maximum atomic E-state index is 12.5. The summed E-state index contributed by atoms with van der Waals surface area (Å²) in [6.45, 7) is 0.480. The van der Waals surface area contributed by atoms with Crippen molar-refractivity contribution in [2.45, 2.75) is 19.5 Å². The number of amides is 1. The highest BCUT2D eigenvalue weighted by molar-refractivity contribution is 7.71. The van der Waals surface area contributed by atoms with Crippen LogP contribution < -0.4 is 10.9 Å². The van der Waals surface area contributed by atoms with Gasteiger partial charge >= 0.3 is 0 Å². The summed E-state index contributed by atoms with van der Waals surface area (Å²) in [5, 5.41) is 4.34. The summed E-state index contributed by atoms with van der Waals surface area (Å²) in [6, 6.07) is 12.2. The Balaban J connectivity index is 1.67. The van der Waals surface area contributed by atoms with Crippen molar-refractivity contribution in [1.82, 2.24) is 14.9 Å². The van der Waals surface area contributed by atoms with E-state index in [1.165, 1.54) is 4.57 Å². The van der Waals surface area contributed by atoms with Gasteiger partial charge in [0, 0.05) is 29.6 Å². The van der Waals surface area contributed by atoms with E-state index in [1.807, 2.05) is 6.07 Å². The molecule has 0 bridgehead atoms. The molecule has 0 saturated carbocycles. The summed E-state index contributed by atoms with van der Waals surface area (Å²) >= 11 is 17.2. The molecule has 0 fully saturated rings. The number of halogens is 2. The Labute approximate surface area is 164 Å². The fourth-order valence-electron chi connectivity index (χ4n) is 2.56. The van der Waals surface area contributed by atoms with Gasteiger partial charge in [0.25, 0.3) is 5.56 Å². The van der Waals surface area contributed by atoms with Gasteiger partial charge in [-0.15, -0.1) is 0 Å². The van der Waals surface area contributed by atoms with Gasteiger partial charge in [0.2, 0.25) is 5.91 Å². The molecule has 0 unspecified atom stereocenters. The average Bonchev–Trinajstić information content (AvgIpc) is 2.61. The highest BCUT2D eigenvalue weighted by Gasteiger charge is 2.09. The van der Waals surface area contributed by atoms with E-state index in [-0.39, 0.29) is 31.0 Å². The molecule has 1 aromatic heterocycles. The summed E-state index contributed by atoms with van der Waals surface area (Å²) in [7, 11) is 0. The number of carbonyl (C=O) groups is 1. The molecule has 0 aliphatic heterocycles. The third kappa shape index (κ3) is 4.15. The first-order valence-corrected chi connectivity index (χ1v) is 9.04. The van der Waals surface area contributed by atoms with Gasteiger partial charge in [-0.2, -0.15) is 0 Å². The lowest BCUT2D eigenvalue weighted by Crippen LogP contribution is -2.28. The molecule has 0 aliphatic rings. The van der Waals surface area contributed by atoms with Crippen LogP contribution in [0, 0.1) is 4.77 Å². The fourth-order valence-corrected chi connectivity index (χ4v) is 3.32. The van der Waals surface area contributed by atoms with E-state index in [4.69, 9.17) is 35.4 Å². The number of fused-ring (bicyclic) bond motifs is 1. The number of aromatic nitrogens is 2. The van der Waals surface area contributed by atoms with Crippen LogP contribution in [0.25, 0.3) is 10.9 Å². The van der Waals surface area contributed by atoms with E-state index < -0.39 is 0 Å². The topological polar surface area (TPSA) is 66.9 Å². The zero-order chi connectivity index (χ0) is 18.7. The van der Waals surface area contributed by atoms with Crippen LogP contribution in [0.2, 0.25) is 10.0 Å². The number of hydrogen-bond donors (Lipinski definition) is 2. The van der Waals surface area contributed by atoms with Crippen molar-refractivity contribution in [1.29, 1.82) is 0 Å². The second kappa shape index (κ2) is 8.03. The Kier molecular flexibility index (Phi) is 5.76. The lowest BCUT2D eigenvalue weighted by molar-refractivity contribution is -0.121. The van der Waals surface area contributed by atoms with E-state index in [0.29, 0.717) is 25.7 Å². The molecule has 0 atom stereocenters. The van der Waals surface area contributed by atoms with E-state index in [0.717, 1.165) is 5.56 Å². The van der Waals surface area contributed by atoms with E-state index in [1.54, 1.807) is 36.4 Å². The third-order valence-electron chi connectivity index (χ3n) is 3.94. The van der Waals surface area contributed by atoms with Crippen LogP contribution in [0.15, 0.2) is 47.3 Å². The molecule has 8 heteroatoms. The Morgan fingerprint density at radius 3 is 2.73 bits per heavy atom. The molecule has 2 aromatic carbocycles. The first-order chi connectivity index (χ1) is 12.5. The molecule has 2 N–H and O–H groups in total. The van der Waals surface area contributed by atoms with Gasteiger partial charge in [0.1, 0.15) is 0 Å². The number of H-pyrrole nitrogens is 1. The number of nitrogens with one attached hydrogen (secondary N) is 2. The lowest BCUT2D eigenvalue weighted by atomic mass is 10.2. The van der Waals surface area contributed by atoms with Gasteiger partial charge in [-0.05, 0) is 42.0 Å². The van der Waals surface area contributed by atoms with Crippen molar-refractivity contribution in [3.63, 3.8) is 0 Å². The molecule has 26 heavy (non-hydrogen) atoms. The number of hydrogen-bond acceptors (Lipinski definition) is 3. The zero-order valence-electron chi connectivity index (χ0n) is 13.6. The molecule has 0 spiro atoms. The second-order valence-corrected chi connectivity index (χ2v) is 6.93. The number of nitrogens with zero attached hydrogens (tertiary/aromatic N) is 1. The molecule has 3 rings (SSSR count). The number of carbonyl (C=O) groups excluding carboxylic acids is 1. The molecular weight excluding hydrogens is 393 g/mol. The minimum atomic E-state index is -0.210. The van der Waals surface area contributed by atoms with Crippen LogP contribution in [-0.2, 0) is 17.9 Å². The van der Waals surface area contributed by atoms with Crippen molar-refractivity contribution < 1.29 is 4.79 Å². The summed E-state index contributed by atoms with van der Waals surface area (Å²) in [5.41, 5.74) is 1.24. The van der Waals surface area contributed by atoms with E-state index >= 15 is 0 Å². The maximum Gasteiger partial charge on any atom is 0.262 e. The van der Waals surface area contributed by atoms with Crippen LogP contribution in [0.4, 0.5) is 0 Å². The SMILES string of the molecule is O=C(CCn1c(=S)[nH]c2ccccc2c1=O)NCc1ccc(Cl)cc1Cl. The summed E-state index contributed by atoms with van der Waals surface area (Å²) in [6.07, 6.45) is 0.126.